The predicted molar refractivity (Wildman–Crippen MR) is 56.5 cm³/mol. The number of rotatable bonds is 2. The number of amides is 2. The van der Waals surface area contributed by atoms with Crippen LogP contribution >= 0.6 is 0 Å². The second kappa shape index (κ2) is 5.16. The Labute approximate surface area is 94.8 Å². The number of ether oxygens (including phenoxy) is 1. The molecule has 0 unspecified atom stereocenters. The van der Waals surface area contributed by atoms with Gasteiger partial charge in [0.05, 0.1) is 13.2 Å². The fourth-order valence-corrected chi connectivity index (χ4v) is 1.19. The average molecular weight is 230 g/mol. The maximum Gasteiger partial charge on any atom is 0.408 e. The van der Waals surface area contributed by atoms with Gasteiger partial charge in [-0.3, -0.25) is 9.63 Å². The van der Waals surface area contributed by atoms with Crippen molar-refractivity contribution >= 4 is 12.0 Å². The first kappa shape index (κ1) is 12.8. The number of nitrogens with one attached hydrogen (secondary N) is 1. The Morgan fingerprint density at radius 2 is 2.12 bits per heavy atom. The maximum absolute atomic E-state index is 11.4. The van der Waals surface area contributed by atoms with E-state index in [0.717, 1.165) is 6.42 Å². The summed E-state index contributed by atoms with van der Waals surface area (Å²) in [7, 11) is 0. The van der Waals surface area contributed by atoms with Crippen molar-refractivity contribution in [3.05, 3.63) is 0 Å². The first-order valence-corrected chi connectivity index (χ1v) is 5.28. The zero-order valence-electron chi connectivity index (χ0n) is 9.91. The van der Waals surface area contributed by atoms with Gasteiger partial charge in [-0.05, 0) is 27.2 Å². The Bertz CT molecular complexity index is 266. The number of hydroxylamine groups is 2. The molecule has 92 valence electrons. The van der Waals surface area contributed by atoms with Crippen molar-refractivity contribution in [2.24, 2.45) is 0 Å². The number of carbonyl (C=O) groups excluding carboxylic acids is 2. The van der Waals surface area contributed by atoms with Crippen molar-refractivity contribution in [2.75, 3.05) is 19.7 Å². The molecule has 6 nitrogen and oxygen atoms in total. The van der Waals surface area contributed by atoms with E-state index in [0.29, 0.717) is 13.2 Å². The van der Waals surface area contributed by atoms with Crippen molar-refractivity contribution in [1.82, 2.24) is 10.4 Å². The van der Waals surface area contributed by atoms with Crippen LogP contribution in [0.3, 0.4) is 0 Å². The Morgan fingerprint density at radius 1 is 1.44 bits per heavy atom. The fourth-order valence-electron chi connectivity index (χ4n) is 1.19. The van der Waals surface area contributed by atoms with Gasteiger partial charge in [0.2, 0.25) is 0 Å². The third-order valence-corrected chi connectivity index (χ3v) is 1.81. The Balaban J connectivity index is 2.23. The highest BCUT2D eigenvalue weighted by atomic mass is 16.7. The van der Waals surface area contributed by atoms with Crippen molar-refractivity contribution in [3.63, 3.8) is 0 Å². The minimum Gasteiger partial charge on any atom is -0.444 e. The van der Waals surface area contributed by atoms with Crippen LogP contribution in [-0.2, 0) is 14.4 Å². The molecule has 2 amide bonds. The van der Waals surface area contributed by atoms with Crippen LogP contribution in [0.2, 0.25) is 0 Å². The summed E-state index contributed by atoms with van der Waals surface area (Å²) in [4.78, 5) is 27.7. The molecule has 0 aromatic carbocycles. The average Bonchev–Trinajstić information content (AvgIpc) is 2.64. The first-order chi connectivity index (χ1) is 7.38. The number of hydrogen-bond acceptors (Lipinski definition) is 4. The lowest BCUT2D eigenvalue weighted by Crippen LogP contribution is -2.40. The molecule has 16 heavy (non-hydrogen) atoms. The van der Waals surface area contributed by atoms with E-state index in [9.17, 15) is 9.59 Å². The molecule has 0 spiro atoms. The fraction of sp³-hybridized carbons (Fsp3) is 0.800. The smallest absolute Gasteiger partial charge is 0.408 e. The van der Waals surface area contributed by atoms with Gasteiger partial charge >= 0.3 is 6.09 Å². The summed E-state index contributed by atoms with van der Waals surface area (Å²) in [6.07, 6.45) is 0.234. The third-order valence-electron chi connectivity index (χ3n) is 1.81. The van der Waals surface area contributed by atoms with Gasteiger partial charge in [0, 0.05) is 0 Å². The van der Waals surface area contributed by atoms with Crippen LogP contribution in [0.25, 0.3) is 0 Å². The van der Waals surface area contributed by atoms with Gasteiger partial charge in [0.15, 0.2) is 0 Å². The minimum absolute atomic E-state index is 0.102. The predicted octanol–water partition coefficient (Wildman–Crippen LogP) is 0.675. The Morgan fingerprint density at radius 3 is 2.62 bits per heavy atom. The molecule has 0 bridgehead atoms. The molecule has 0 atom stereocenters. The highest BCUT2D eigenvalue weighted by molar-refractivity contribution is 5.81. The van der Waals surface area contributed by atoms with Gasteiger partial charge in [0.1, 0.15) is 12.1 Å². The van der Waals surface area contributed by atoms with Gasteiger partial charge in [-0.1, -0.05) is 0 Å². The van der Waals surface area contributed by atoms with Crippen LogP contribution in [-0.4, -0.2) is 42.4 Å². The molecule has 0 aromatic heterocycles. The van der Waals surface area contributed by atoms with E-state index in [1.807, 2.05) is 0 Å². The second-order valence-electron chi connectivity index (χ2n) is 4.54. The van der Waals surface area contributed by atoms with Crippen molar-refractivity contribution in [3.8, 4) is 0 Å². The third kappa shape index (κ3) is 4.48. The van der Waals surface area contributed by atoms with Crippen LogP contribution in [0.1, 0.15) is 27.2 Å². The molecule has 1 rings (SSSR count). The highest BCUT2D eigenvalue weighted by Crippen LogP contribution is 2.07. The molecular formula is C10H18N2O4. The zero-order chi connectivity index (χ0) is 12.2. The van der Waals surface area contributed by atoms with Crippen LogP contribution in [0.4, 0.5) is 4.79 Å². The normalized spacial score (nSPS) is 16.1. The Kier molecular flexibility index (Phi) is 4.12. The van der Waals surface area contributed by atoms with Gasteiger partial charge < -0.3 is 10.1 Å². The van der Waals surface area contributed by atoms with Gasteiger partial charge in [0.25, 0.3) is 5.91 Å². The van der Waals surface area contributed by atoms with E-state index in [4.69, 9.17) is 9.57 Å². The molecule has 0 aliphatic carbocycles. The molecule has 1 N–H and O–H groups in total. The summed E-state index contributed by atoms with van der Waals surface area (Å²) < 4.78 is 4.99. The Hall–Kier alpha value is -1.30. The summed E-state index contributed by atoms with van der Waals surface area (Å²) in [6.45, 7) is 6.32. The van der Waals surface area contributed by atoms with Crippen molar-refractivity contribution < 1.29 is 19.2 Å². The molecule has 0 radical (unpaired) electrons. The molecule has 1 heterocycles. The molecule has 0 saturated carbocycles. The van der Waals surface area contributed by atoms with E-state index < -0.39 is 11.7 Å². The van der Waals surface area contributed by atoms with E-state index >= 15 is 0 Å². The number of alkyl carbamates (subject to hydrolysis) is 1. The number of carbonyl (C=O) groups is 2. The van der Waals surface area contributed by atoms with E-state index in [2.05, 4.69) is 5.32 Å². The second-order valence-corrected chi connectivity index (χ2v) is 4.54. The summed E-state index contributed by atoms with van der Waals surface area (Å²) in [5, 5.41) is 3.64. The van der Waals surface area contributed by atoms with Crippen LogP contribution < -0.4 is 5.32 Å². The summed E-state index contributed by atoms with van der Waals surface area (Å²) in [6, 6.07) is 0. The van der Waals surface area contributed by atoms with E-state index in [1.54, 1.807) is 20.8 Å². The van der Waals surface area contributed by atoms with Crippen LogP contribution in [0, 0.1) is 0 Å². The monoisotopic (exact) mass is 230 g/mol. The molecule has 0 aromatic rings. The summed E-state index contributed by atoms with van der Waals surface area (Å²) in [5.41, 5.74) is -0.558. The van der Waals surface area contributed by atoms with Crippen LogP contribution in [0.5, 0.6) is 0 Å². The summed E-state index contributed by atoms with van der Waals surface area (Å²) in [5.74, 6) is -0.261. The van der Waals surface area contributed by atoms with Gasteiger partial charge in [-0.2, -0.15) is 0 Å². The lowest BCUT2D eigenvalue weighted by molar-refractivity contribution is -0.167. The minimum atomic E-state index is -0.597. The molecule has 6 heteroatoms. The first-order valence-electron chi connectivity index (χ1n) is 5.28. The standard InChI is InChI=1S/C10H18N2O4/c1-10(2,3)16-9(14)11-7-8(13)12-5-4-6-15-12/h4-7H2,1-3H3,(H,11,14). The summed E-state index contributed by atoms with van der Waals surface area (Å²) >= 11 is 0. The lowest BCUT2D eigenvalue weighted by Gasteiger charge is -2.20. The molecular weight excluding hydrogens is 212 g/mol. The maximum atomic E-state index is 11.4. The zero-order valence-corrected chi connectivity index (χ0v) is 9.91. The van der Waals surface area contributed by atoms with E-state index in [1.165, 1.54) is 5.06 Å². The molecule has 1 aliphatic rings. The quantitative estimate of drug-likeness (QED) is 0.757. The largest absolute Gasteiger partial charge is 0.444 e. The number of nitrogens with zero attached hydrogens (tertiary/aromatic N) is 1. The highest BCUT2D eigenvalue weighted by Gasteiger charge is 2.21. The molecule has 1 fully saturated rings. The van der Waals surface area contributed by atoms with E-state index in [-0.39, 0.29) is 12.5 Å². The van der Waals surface area contributed by atoms with Crippen molar-refractivity contribution in [1.29, 1.82) is 0 Å². The van der Waals surface area contributed by atoms with Crippen molar-refractivity contribution in [2.45, 2.75) is 32.8 Å². The molecule has 1 saturated heterocycles. The van der Waals surface area contributed by atoms with Gasteiger partial charge in [-0.25, -0.2) is 9.86 Å². The van der Waals surface area contributed by atoms with Gasteiger partial charge in [-0.15, -0.1) is 0 Å². The number of hydrogen-bond donors (Lipinski definition) is 1. The molecule has 1 aliphatic heterocycles. The lowest BCUT2D eigenvalue weighted by atomic mass is 10.2. The SMILES string of the molecule is CC(C)(C)OC(=O)NCC(=O)N1CCCO1. The topological polar surface area (TPSA) is 67.9 Å². The van der Waals surface area contributed by atoms with Crippen LogP contribution in [0.15, 0.2) is 0 Å².